The summed E-state index contributed by atoms with van der Waals surface area (Å²) in [7, 11) is -1.85. The third-order valence-corrected chi connectivity index (χ3v) is 13.7. The number of alkyl carbamates (subject to hydrolysis) is 1. The highest BCUT2D eigenvalue weighted by Crippen LogP contribution is 2.54. The minimum Gasteiger partial charge on any atom is -0.453 e. The number of likely N-dealkylation sites (tertiary alicyclic amines) is 2. The molecule has 11 heteroatoms. The van der Waals surface area contributed by atoms with Crippen LogP contribution in [0.25, 0.3) is 0 Å². The van der Waals surface area contributed by atoms with Crippen LogP contribution in [-0.2, 0) is 20.1 Å². The van der Waals surface area contributed by atoms with Crippen molar-refractivity contribution in [1.82, 2.24) is 15.1 Å². The Kier molecular flexibility index (Phi) is 8.55. The van der Waals surface area contributed by atoms with Crippen LogP contribution in [0.3, 0.4) is 0 Å². The Labute approximate surface area is 271 Å². The van der Waals surface area contributed by atoms with Crippen molar-refractivity contribution < 1.29 is 26.7 Å². The number of halogens is 2. The van der Waals surface area contributed by atoms with E-state index in [9.17, 15) is 17.6 Å². The van der Waals surface area contributed by atoms with Gasteiger partial charge in [-0.15, -0.1) is 0 Å². The van der Waals surface area contributed by atoms with Crippen molar-refractivity contribution in [1.29, 1.82) is 0 Å². The molecule has 0 aromatic heterocycles. The number of nitrogens with zero attached hydrogens (tertiary/aromatic N) is 3. The van der Waals surface area contributed by atoms with Gasteiger partial charge >= 0.3 is 6.09 Å². The fourth-order valence-electron chi connectivity index (χ4n) is 8.99. The van der Waals surface area contributed by atoms with Crippen molar-refractivity contribution in [2.75, 3.05) is 57.8 Å². The van der Waals surface area contributed by atoms with E-state index in [0.29, 0.717) is 11.4 Å². The maximum absolute atomic E-state index is 16.0. The van der Waals surface area contributed by atoms with Crippen LogP contribution >= 0.6 is 0 Å². The Balaban J connectivity index is 1.04. The van der Waals surface area contributed by atoms with Gasteiger partial charge in [0.1, 0.15) is 5.82 Å². The van der Waals surface area contributed by atoms with E-state index in [4.69, 9.17) is 4.74 Å². The molecule has 2 saturated carbocycles. The number of amides is 1. The molecule has 250 valence electrons. The summed E-state index contributed by atoms with van der Waals surface area (Å²) in [5, 5.41) is 2.88. The summed E-state index contributed by atoms with van der Waals surface area (Å²) in [6.07, 6.45) is 6.66. The van der Waals surface area contributed by atoms with Gasteiger partial charge in [0.15, 0.2) is 15.5 Å². The summed E-state index contributed by atoms with van der Waals surface area (Å²) in [5.74, 6) is 0.0989. The number of hydrogen-bond acceptors (Lipinski definition) is 7. The first-order valence-electron chi connectivity index (χ1n) is 17.0. The number of anilines is 1. The SMILES string of the molecule is COC(=O)N[C@H]1CCC[C@@H]1C(c1cccc(F)c1)(C1CCN(CC2(F)CN(c3ccc(S(=O)(=O)C4CC4)cc3)C2)CC1)N1CCC1. The number of benzene rings is 2. The van der Waals surface area contributed by atoms with Crippen molar-refractivity contribution in [3.05, 3.63) is 59.9 Å². The minimum atomic E-state index is -3.24. The van der Waals surface area contributed by atoms with E-state index in [1.54, 1.807) is 36.4 Å². The molecule has 3 heterocycles. The smallest absolute Gasteiger partial charge is 0.407 e. The molecule has 5 fully saturated rings. The zero-order valence-electron chi connectivity index (χ0n) is 26.7. The first-order chi connectivity index (χ1) is 22.1. The molecule has 8 nitrogen and oxygen atoms in total. The molecule has 3 aliphatic heterocycles. The van der Waals surface area contributed by atoms with Gasteiger partial charge in [-0.05, 0) is 106 Å². The van der Waals surface area contributed by atoms with Crippen molar-refractivity contribution in [2.45, 2.75) is 78.8 Å². The van der Waals surface area contributed by atoms with Crippen molar-refractivity contribution >= 4 is 21.6 Å². The third kappa shape index (κ3) is 5.81. The summed E-state index contributed by atoms with van der Waals surface area (Å²) in [4.78, 5) is 19.5. The third-order valence-electron chi connectivity index (χ3n) is 11.4. The number of nitrogens with one attached hydrogen (secondary N) is 1. The van der Waals surface area contributed by atoms with Gasteiger partial charge in [0.2, 0.25) is 0 Å². The van der Waals surface area contributed by atoms with E-state index in [1.165, 1.54) is 13.2 Å². The number of sulfone groups is 1. The highest BCUT2D eigenvalue weighted by molar-refractivity contribution is 7.92. The number of rotatable bonds is 10. The van der Waals surface area contributed by atoms with Crippen molar-refractivity contribution in [2.24, 2.45) is 11.8 Å². The minimum absolute atomic E-state index is 0.0627. The Morgan fingerprint density at radius 2 is 1.70 bits per heavy atom. The van der Waals surface area contributed by atoms with Gasteiger partial charge in [-0.25, -0.2) is 22.0 Å². The van der Waals surface area contributed by atoms with Crippen LogP contribution < -0.4 is 10.2 Å². The molecule has 5 aliphatic rings. The number of piperidine rings is 1. The fraction of sp³-hybridized carbons (Fsp3) is 0.629. The van der Waals surface area contributed by atoms with Gasteiger partial charge in [0, 0.05) is 37.3 Å². The van der Waals surface area contributed by atoms with E-state index >= 15 is 4.39 Å². The van der Waals surface area contributed by atoms with Gasteiger partial charge in [-0.2, -0.15) is 0 Å². The van der Waals surface area contributed by atoms with Crippen LogP contribution in [0, 0.1) is 17.7 Å². The number of ether oxygens (including phenoxy) is 1. The Hall–Kier alpha value is -2.76. The molecular formula is C35H46F2N4O4S. The highest BCUT2D eigenvalue weighted by Gasteiger charge is 2.56. The molecule has 1 unspecified atom stereocenters. The van der Waals surface area contributed by atoms with E-state index in [0.717, 1.165) is 88.8 Å². The van der Waals surface area contributed by atoms with Gasteiger partial charge in [-0.3, -0.25) is 9.80 Å². The summed E-state index contributed by atoms with van der Waals surface area (Å²) in [6.45, 7) is 4.33. The molecule has 2 aromatic rings. The summed E-state index contributed by atoms with van der Waals surface area (Å²) in [5.41, 5.74) is 0.0858. The van der Waals surface area contributed by atoms with Gasteiger partial charge in [0.25, 0.3) is 0 Å². The average Bonchev–Trinajstić information content (AvgIpc) is 3.78. The molecule has 7 rings (SSSR count). The lowest BCUT2D eigenvalue weighted by molar-refractivity contribution is -0.0880. The fourth-order valence-corrected chi connectivity index (χ4v) is 10.6. The van der Waals surface area contributed by atoms with Gasteiger partial charge in [0.05, 0.1) is 35.9 Å². The normalized spacial score (nSPS) is 27.0. The monoisotopic (exact) mass is 656 g/mol. The molecule has 3 saturated heterocycles. The summed E-state index contributed by atoms with van der Waals surface area (Å²) < 4.78 is 61.0. The highest BCUT2D eigenvalue weighted by atomic mass is 32.2. The topological polar surface area (TPSA) is 82.2 Å². The molecule has 0 spiro atoms. The number of hydrogen-bond donors (Lipinski definition) is 1. The van der Waals surface area contributed by atoms with Crippen molar-refractivity contribution in [3.63, 3.8) is 0 Å². The standard InChI is InChI=1S/C35H46F2N4O4S/c1-45-33(42)38-32-8-3-7-31(32)35(41-17-4-18-41,26-5-2-6-27(36)21-26)25-15-19-39(20-16-25)22-34(37)23-40(24-34)28-9-11-29(12-10-28)46(43,44)30-13-14-30/h2,5-6,9-12,21,25,30-32H,3-4,7-8,13-20,22-24H2,1H3,(H,38,42)/t31-,32-,35?/m0/s1. The number of carbonyl (C=O) groups excluding carboxylic acids is 1. The van der Waals surface area contributed by atoms with Crippen LogP contribution in [0.15, 0.2) is 53.4 Å². The average molecular weight is 657 g/mol. The number of methoxy groups -OCH3 is 1. The van der Waals surface area contributed by atoms with Crippen LogP contribution in [-0.4, -0.2) is 94.2 Å². The van der Waals surface area contributed by atoms with E-state index in [2.05, 4.69) is 21.2 Å². The molecule has 1 amide bonds. The lowest BCUT2D eigenvalue weighted by Gasteiger charge is -2.59. The maximum Gasteiger partial charge on any atom is 0.407 e. The summed E-state index contributed by atoms with van der Waals surface area (Å²) in [6, 6.07) is 13.9. The predicted molar refractivity (Wildman–Crippen MR) is 173 cm³/mol. The Bertz CT molecular complexity index is 1520. The first kappa shape index (κ1) is 31.8. The largest absolute Gasteiger partial charge is 0.453 e. The number of alkyl halides is 1. The molecule has 46 heavy (non-hydrogen) atoms. The molecule has 1 N–H and O–H groups in total. The summed E-state index contributed by atoms with van der Waals surface area (Å²) >= 11 is 0. The van der Waals surface area contributed by atoms with E-state index in [1.807, 2.05) is 4.90 Å². The van der Waals surface area contributed by atoms with Gasteiger partial charge in [-0.1, -0.05) is 18.6 Å². The molecule has 0 radical (unpaired) electrons. The molecule has 0 bridgehead atoms. The first-order valence-corrected chi connectivity index (χ1v) is 18.5. The lowest BCUT2D eigenvalue weighted by atomic mass is 9.62. The van der Waals surface area contributed by atoms with Crippen LogP contribution in [0.1, 0.15) is 56.9 Å². The lowest BCUT2D eigenvalue weighted by Crippen LogP contribution is -2.66. The quantitative estimate of drug-likeness (QED) is 0.380. The second kappa shape index (κ2) is 12.4. The molecule has 2 aliphatic carbocycles. The zero-order valence-corrected chi connectivity index (χ0v) is 27.5. The molecule has 2 aromatic carbocycles. The molecule has 3 atom stereocenters. The van der Waals surface area contributed by atoms with Crippen LogP contribution in [0.2, 0.25) is 0 Å². The van der Waals surface area contributed by atoms with Crippen LogP contribution in [0.5, 0.6) is 0 Å². The van der Waals surface area contributed by atoms with E-state index in [-0.39, 0.29) is 42.0 Å². The maximum atomic E-state index is 16.0. The predicted octanol–water partition coefficient (Wildman–Crippen LogP) is 5.13. The second-order valence-corrected chi connectivity index (χ2v) is 16.5. The van der Waals surface area contributed by atoms with E-state index < -0.39 is 27.1 Å². The van der Waals surface area contributed by atoms with Gasteiger partial charge < -0.3 is 15.0 Å². The second-order valence-electron chi connectivity index (χ2n) is 14.3. The zero-order chi connectivity index (χ0) is 32.1. The Morgan fingerprint density at radius 1 is 0.978 bits per heavy atom. The van der Waals surface area contributed by atoms with Crippen LogP contribution in [0.4, 0.5) is 19.3 Å². The molecular weight excluding hydrogens is 610 g/mol. The van der Waals surface area contributed by atoms with Crippen molar-refractivity contribution in [3.8, 4) is 0 Å². The number of carbonyl (C=O) groups is 1. The Morgan fingerprint density at radius 3 is 2.30 bits per heavy atom.